The number of nitrogens with one attached hydrogen (secondary N) is 1. The van der Waals surface area contributed by atoms with Crippen molar-refractivity contribution in [1.82, 2.24) is 25.5 Å². The number of rotatable bonds is 3. The van der Waals surface area contributed by atoms with E-state index in [1.165, 1.54) is 19.3 Å². The molecular formula is C18H23N5O2. The summed E-state index contributed by atoms with van der Waals surface area (Å²) in [5, 5.41) is 14.6. The summed E-state index contributed by atoms with van der Waals surface area (Å²) in [6, 6.07) is 7.44. The first kappa shape index (κ1) is 16.2. The van der Waals surface area contributed by atoms with Crippen molar-refractivity contribution < 1.29 is 9.53 Å². The molecule has 1 N–H and O–H groups in total. The van der Waals surface area contributed by atoms with Crippen LogP contribution in [0.15, 0.2) is 24.3 Å². The molecule has 2 heterocycles. The first-order chi connectivity index (χ1) is 12.2. The quantitative estimate of drug-likeness (QED) is 0.925. The molecule has 2 aromatic rings. The second-order valence-electron chi connectivity index (χ2n) is 7.12. The summed E-state index contributed by atoms with van der Waals surface area (Å²) in [6.07, 6.45) is 6.92. The Hall–Kier alpha value is -2.28. The summed E-state index contributed by atoms with van der Waals surface area (Å²) in [7, 11) is 0. The molecule has 1 unspecified atom stereocenters. The summed E-state index contributed by atoms with van der Waals surface area (Å²) >= 11 is 0. The zero-order valence-corrected chi connectivity index (χ0v) is 14.4. The molecular weight excluding hydrogens is 318 g/mol. The van der Waals surface area contributed by atoms with Crippen molar-refractivity contribution in [2.45, 2.75) is 57.1 Å². The standard InChI is InChI=1S/C18H23N5O2/c1-13-20-21-22-23(13)16-7-5-6-14(10-16)17(24)19-15-11-18(25-12-15)8-3-2-4-9-18/h5-7,10,15H,2-4,8-9,11-12H2,1H3,(H,19,24). The zero-order valence-electron chi connectivity index (χ0n) is 14.4. The lowest BCUT2D eigenvalue weighted by atomic mass is 9.82. The fourth-order valence-corrected chi connectivity index (χ4v) is 4.00. The number of hydrogen-bond donors (Lipinski definition) is 1. The number of ether oxygens (including phenoxy) is 1. The van der Waals surface area contributed by atoms with Gasteiger partial charge in [0.05, 0.1) is 23.9 Å². The highest BCUT2D eigenvalue weighted by Gasteiger charge is 2.41. The highest BCUT2D eigenvalue weighted by molar-refractivity contribution is 5.95. The van der Waals surface area contributed by atoms with Crippen LogP contribution in [0, 0.1) is 6.92 Å². The van der Waals surface area contributed by atoms with Crippen LogP contribution in [0.4, 0.5) is 0 Å². The summed E-state index contributed by atoms with van der Waals surface area (Å²) in [4.78, 5) is 12.7. The number of carbonyl (C=O) groups excluding carboxylic acids is 1. The van der Waals surface area contributed by atoms with E-state index >= 15 is 0 Å². The lowest BCUT2D eigenvalue weighted by Crippen LogP contribution is -2.37. The molecule has 1 aromatic heterocycles. The molecule has 1 aliphatic heterocycles. The molecule has 1 spiro atoms. The van der Waals surface area contributed by atoms with Crippen LogP contribution in [0.5, 0.6) is 0 Å². The van der Waals surface area contributed by atoms with Crippen LogP contribution < -0.4 is 5.32 Å². The number of aryl methyl sites for hydroxylation is 1. The molecule has 7 heteroatoms. The molecule has 1 aromatic carbocycles. The van der Waals surface area contributed by atoms with Gasteiger partial charge < -0.3 is 10.1 Å². The van der Waals surface area contributed by atoms with Gasteiger partial charge in [-0.3, -0.25) is 4.79 Å². The van der Waals surface area contributed by atoms with E-state index in [9.17, 15) is 4.79 Å². The van der Waals surface area contributed by atoms with Gasteiger partial charge in [-0.2, -0.15) is 4.68 Å². The number of amides is 1. The van der Waals surface area contributed by atoms with Crippen LogP contribution in [-0.4, -0.2) is 44.4 Å². The number of benzene rings is 1. The second-order valence-corrected chi connectivity index (χ2v) is 7.12. The predicted molar refractivity (Wildman–Crippen MR) is 91.5 cm³/mol. The van der Waals surface area contributed by atoms with Crippen LogP contribution in [0.25, 0.3) is 5.69 Å². The van der Waals surface area contributed by atoms with E-state index < -0.39 is 0 Å². The average Bonchev–Trinajstić information content (AvgIpc) is 3.22. The number of hydrogen-bond acceptors (Lipinski definition) is 5. The Kier molecular flexibility index (Phi) is 4.25. The molecule has 25 heavy (non-hydrogen) atoms. The summed E-state index contributed by atoms with van der Waals surface area (Å²) < 4.78 is 7.70. The average molecular weight is 341 g/mol. The van der Waals surface area contributed by atoms with Gasteiger partial charge >= 0.3 is 0 Å². The van der Waals surface area contributed by atoms with Crippen molar-refractivity contribution in [1.29, 1.82) is 0 Å². The van der Waals surface area contributed by atoms with Gasteiger partial charge in [0, 0.05) is 5.56 Å². The van der Waals surface area contributed by atoms with Crippen LogP contribution in [0.3, 0.4) is 0 Å². The molecule has 0 radical (unpaired) electrons. The molecule has 2 fully saturated rings. The first-order valence-corrected chi connectivity index (χ1v) is 8.95. The second kappa shape index (κ2) is 6.55. The van der Waals surface area contributed by atoms with E-state index in [0.29, 0.717) is 18.0 Å². The van der Waals surface area contributed by atoms with Gasteiger partial charge in [-0.05, 0) is 54.8 Å². The fourth-order valence-electron chi connectivity index (χ4n) is 4.00. The van der Waals surface area contributed by atoms with Crippen LogP contribution in [0.1, 0.15) is 54.7 Å². The van der Waals surface area contributed by atoms with Crippen molar-refractivity contribution in [3.05, 3.63) is 35.7 Å². The molecule has 1 saturated carbocycles. The smallest absolute Gasteiger partial charge is 0.251 e. The van der Waals surface area contributed by atoms with Crippen molar-refractivity contribution in [3.8, 4) is 5.69 Å². The lowest BCUT2D eigenvalue weighted by Gasteiger charge is -2.32. The van der Waals surface area contributed by atoms with Gasteiger partial charge in [0.2, 0.25) is 0 Å². The molecule has 1 atom stereocenters. The van der Waals surface area contributed by atoms with Gasteiger partial charge in [-0.1, -0.05) is 25.3 Å². The molecule has 7 nitrogen and oxygen atoms in total. The Morgan fingerprint density at radius 1 is 1.32 bits per heavy atom. The largest absolute Gasteiger partial charge is 0.373 e. The topological polar surface area (TPSA) is 81.9 Å². The van der Waals surface area contributed by atoms with Gasteiger partial charge in [-0.25, -0.2) is 0 Å². The highest BCUT2D eigenvalue weighted by atomic mass is 16.5. The number of aromatic nitrogens is 4. The number of tetrazole rings is 1. The van der Waals surface area contributed by atoms with Crippen molar-refractivity contribution in [2.24, 2.45) is 0 Å². The molecule has 4 rings (SSSR count). The van der Waals surface area contributed by atoms with Crippen molar-refractivity contribution >= 4 is 5.91 Å². The molecule has 2 aliphatic rings. The van der Waals surface area contributed by atoms with Gasteiger partial charge in [0.15, 0.2) is 5.82 Å². The SMILES string of the molecule is Cc1nnnn1-c1cccc(C(=O)NC2COC3(CCCCC3)C2)c1. The summed E-state index contributed by atoms with van der Waals surface area (Å²) in [5.74, 6) is 0.607. The monoisotopic (exact) mass is 341 g/mol. The Morgan fingerprint density at radius 3 is 2.92 bits per heavy atom. The Morgan fingerprint density at radius 2 is 2.16 bits per heavy atom. The first-order valence-electron chi connectivity index (χ1n) is 8.95. The maximum absolute atomic E-state index is 12.7. The summed E-state index contributed by atoms with van der Waals surface area (Å²) in [6.45, 7) is 2.43. The van der Waals surface area contributed by atoms with Crippen LogP contribution in [0.2, 0.25) is 0 Å². The third kappa shape index (κ3) is 3.28. The van der Waals surface area contributed by atoms with E-state index in [4.69, 9.17) is 4.74 Å². The molecule has 132 valence electrons. The van der Waals surface area contributed by atoms with Crippen molar-refractivity contribution in [2.75, 3.05) is 6.61 Å². The van der Waals surface area contributed by atoms with E-state index in [-0.39, 0.29) is 17.6 Å². The van der Waals surface area contributed by atoms with Gasteiger partial charge in [0.1, 0.15) is 0 Å². The Labute approximate surface area is 146 Å². The lowest BCUT2D eigenvalue weighted by molar-refractivity contribution is -0.0246. The van der Waals surface area contributed by atoms with E-state index in [2.05, 4.69) is 20.8 Å². The fraction of sp³-hybridized carbons (Fsp3) is 0.556. The highest BCUT2D eigenvalue weighted by Crippen LogP contribution is 2.39. The number of nitrogens with zero attached hydrogens (tertiary/aromatic N) is 4. The van der Waals surface area contributed by atoms with Crippen LogP contribution in [-0.2, 0) is 4.74 Å². The minimum absolute atomic E-state index is 0.00154. The minimum Gasteiger partial charge on any atom is -0.373 e. The normalized spacial score (nSPS) is 22.2. The third-order valence-electron chi connectivity index (χ3n) is 5.29. The molecule has 1 amide bonds. The van der Waals surface area contributed by atoms with E-state index in [0.717, 1.165) is 24.9 Å². The predicted octanol–water partition coefficient (Wildman–Crippen LogP) is 2.19. The number of carbonyl (C=O) groups is 1. The van der Waals surface area contributed by atoms with E-state index in [1.54, 1.807) is 4.68 Å². The maximum atomic E-state index is 12.7. The maximum Gasteiger partial charge on any atom is 0.251 e. The Bertz CT molecular complexity index is 766. The van der Waals surface area contributed by atoms with Gasteiger partial charge in [-0.15, -0.1) is 5.10 Å². The molecule has 1 saturated heterocycles. The van der Waals surface area contributed by atoms with Gasteiger partial charge in [0.25, 0.3) is 5.91 Å². The minimum atomic E-state index is -0.0750. The van der Waals surface area contributed by atoms with Crippen LogP contribution >= 0.6 is 0 Å². The summed E-state index contributed by atoms with van der Waals surface area (Å²) in [5.41, 5.74) is 1.39. The molecule has 0 bridgehead atoms. The molecule has 1 aliphatic carbocycles. The zero-order chi connectivity index (χ0) is 17.3. The van der Waals surface area contributed by atoms with E-state index in [1.807, 2.05) is 31.2 Å². The Balaban J connectivity index is 1.44. The van der Waals surface area contributed by atoms with Crippen molar-refractivity contribution in [3.63, 3.8) is 0 Å². The third-order valence-corrected chi connectivity index (χ3v) is 5.29.